The van der Waals surface area contributed by atoms with E-state index in [0.29, 0.717) is 0 Å². The lowest BCUT2D eigenvalue weighted by molar-refractivity contribution is 0.0690. The van der Waals surface area contributed by atoms with E-state index in [4.69, 9.17) is 5.11 Å². The summed E-state index contributed by atoms with van der Waals surface area (Å²) in [6.45, 7) is 3.81. The lowest BCUT2D eigenvalue weighted by Crippen LogP contribution is -2.36. The predicted octanol–water partition coefficient (Wildman–Crippen LogP) is 1.36. The number of carboxylic acids is 1. The molecule has 0 spiro atoms. The summed E-state index contributed by atoms with van der Waals surface area (Å²) < 4.78 is 0. The van der Waals surface area contributed by atoms with E-state index in [1.165, 1.54) is 17.8 Å². The van der Waals surface area contributed by atoms with Crippen LogP contribution in [0.1, 0.15) is 21.8 Å². The third-order valence-electron chi connectivity index (χ3n) is 2.11. The molecule has 1 aliphatic heterocycles. The zero-order chi connectivity index (χ0) is 9.42. The van der Waals surface area contributed by atoms with Crippen LogP contribution in [-0.2, 0) is 0 Å². The Morgan fingerprint density at radius 1 is 1.62 bits per heavy atom. The van der Waals surface area contributed by atoms with Crippen LogP contribution in [0, 0.1) is 6.92 Å². The molecule has 70 valence electrons. The molecule has 1 aromatic rings. The van der Waals surface area contributed by atoms with Gasteiger partial charge in [-0.25, -0.2) is 9.78 Å². The molecule has 1 fully saturated rings. The van der Waals surface area contributed by atoms with Crippen LogP contribution in [0.4, 0.5) is 5.13 Å². The Kier molecular flexibility index (Phi) is 1.95. The van der Waals surface area contributed by atoms with Crippen molar-refractivity contribution in [3.8, 4) is 0 Å². The van der Waals surface area contributed by atoms with Crippen LogP contribution >= 0.6 is 11.3 Å². The zero-order valence-electron chi connectivity index (χ0n) is 7.28. The van der Waals surface area contributed by atoms with Crippen LogP contribution in [0.3, 0.4) is 0 Å². The van der Waals surface area contributed by atoms with Crippen molar-refractivity contribution in [1.29, 1.82) is 0 Å². The van der Waals surface area contributed by atoms with Crippen LogP contribution in [0.2, 0.25) is 0 Å². The third-order valence-corrected chi connectivity index (χ3v) is 3.15. The average Bonchev–Trinajstić information content (AvgIpc) is 2.27. The Labute approximate surface area is 79.8 Å². The average molecular weight is 198 g/mol. The van der Waals surface area contributed by atoms with Crippen molar-refractivity contribution in [2.75, 3.05) is 18.0 Å². The molecular weight excluding hydrogens is 188 g/mol. The molecule has 5 heteroatoms. The number of nitrogens with zero attached hydrogens (tertiary/aromatic N) is 2. The summed E-state index contributed by atoms with van der Waals surface area (Å²) in [5.74, 6) is -0.930. The molecule has 1 N–H and O–H groups in total. The van der Waals surface area contributed by atoms with Crippen LogP contribution in [0.15, 0.2) is 0 Å². The fraction of sp³-hybridized carbons (Fsp3) is 0.500. The topological polar surface area (TPSA) is 53.4 Å². The Bertz CT molecular complexity index is 344. The molecule has 13 heavy (non-hydrogen) atoms. The van der Waals surface area contributed by atoms with Crippen molar-refractivity contribution < 1.29 is 9.90 Å². The highest BCUT2D eigenvalue weighted by Crippen LogP contribution is 2.28. The highest BCUT2D eigenvalue weighted by molar-refractivity contribution is 7.15. The minimum absolute atomic E-state index is 0.201. The maximum absolute atomic E-state index is 10.7. The van der Waals surface area contributed by atoms with Gasteiger partial charge in [0.25, 0.3) is 0 Å². The van der Waals surface area contributed by atoms with Crippen molar-refractivity contribution in [2.24, 2.45) is 0 Å². The summed E-state index contributed by atoms with van der Waals surface area (Å²) >= 11 is 1.46. The number of aryl methyl sites for hydroxylation is 1. The summed E-state index contributed by atoms with van der Waals surface area (Å²) in [5.41, 5.74) is 0.201. The molecule has 1 aromatic heterocycles. The second kappa shape index (κ2) is 2.99. The van der Waals surface area contributed by atoms with Gasteiger partial charge in [0.15, 0.2) is 10.8 Å². The number of aromatic nitrogens is 1. The van der Waals surface area contributed by atoms with E-state index < -0.39 is 5.97 Å². The van der Waals surface area contributed by atoms with Gasteiger partial charge in [0, 0.05) is 18.0 Å². The van der Waals surface area contributed by atoms with E-state index >= 15 is 0 Å². The van der Waals surface area contributed by atoms with E-state index in [9.17, 15) is 4.79 Å². The number of rotatable bonds is 2. The first kappa shape index (κ1) is 8.50. The summed E-state index contributed by atoms with van der Waals surface area (Å²) in [6.07, 6.45) is 1.18. The van der Waals surface area contributed by atoms with Gasteiger partial charge < -0.3 is 10.0 Å². The van der Waals surface area contributed by atoms with E-state index in [0.717, 1.165) is 23.1 Å². The molecule has 2 heterocycles. The van der Waals surface area contributed by atoms with E-state index in [1.54, 1.807) is 6.92 Å². The summed E-state index contributed by atoms with van der Waals surface area (Å²) in [6, 6.07) is 0. The minimum Gasteiger partial charge on any atom is -0.476 e. The molecule has 0 aliphatic carbocycles. The number of hydrogen-bond acceptors (Lipinski definition) is 4. The van der Waals surface area contributed by atoms with Crippen LogP contribution in [0.5, 0.6) is 0 Å². The van der Waals surface area contributed by atoms with E-state index in [2.05, 4.69) is 9.88 Å². The number of carboxylic acid groups (broad SMARTS) is 1. The van der Waals surface area contributed by atoms with Gasteiger partial charge in [-0.2, -0.15) is 0 Å². The standard InChI is InChI=1S/C8H10N2O2S/c1-5-6(7(11)12)9-8(13-5)10-3-2-4-10/h2-4H2,1H3,(H,11,12). The molecule has 2 rings (SSSR count). The maximum atomic E-state index is 10.7. The van der Waals surface area contributed by atoms with Crippen LogP contribution in [-0.4, -0.2) is 29.1 Å². The normalized spacial score (nSPS) is 15.6. The summed E-state index contributed by atoms with van der Waals surface area (Å²) in [5, 5.41) is 9.63. The second-order valence-corrected chi connectivity index (χ2v) is 4.23. The molecule has 0 atom stereocenters. The molecule has 0 bridgehead atoms. The van der Waals surface area contributed by atoms with Crippen molar-refractivity contribution in [3.05, 3.63) is 10.6 Å². The van der Waals surface area contributed by atoms with Gasteiger partial charge in [-0.3, -0.25) is 0 Å². The first-order chi connectivity index (χ1) is 6.18. The van der Waals surface area contributed by atoms with Gasteiger partial charge in [-0.05, 0) is 13.3 Å². The molecular formula is C8H10N2O2S. The summed E-state index contributed by atoms with van der Waals surface area (Å²) in [7, 11) is 0. The lowest BCUT2D eigenvalue weighted by atomic mass is 10.2. The molecule has 1 aliphatic rings. The van der Waals surface area contributed by atoms with Gasteiger partial charge in [0.2, 0.25) is 0 Å². The van der Waals surface area contributed by atoms with Crippen LogP contribution in [0.25, 0.3) is 0 Å². The molecule has 0 amide bonds. The number of carbonyl (C=O) groups is 1. The Hall–Kier alpha value is -1.10. The lowest BCUT2D eigenvalue weighted by Gasteiger charge is -2.30. The molecule has 4 nitrogen and oxygen atoms in total. The van der Waals surface area contributed by atoms with Crippen molar-refractivity contribution in [2.45, 2.75) is 13.3 Å². The SMILES string of the molecule is Cc1sc(N2CCC2)nc1C(=O)O. The molecule has 0 unspecified atom stereocenters. The van der Waals surface area contributed by atoms with E-state index in [1.807, 2.05) is 0 Å². The summed E-state index contributed by atoms with van der Waals surface area (Å²) in [4.78, 5) is 17.7. The number of thiazole rings is 1. The number of anilines is 1. The van der Waals surface area contributed by atoms with Crippen LogP contribution < -0.4 is 4.90 Å². The predicted molar refractivity (Wildman–Crippen MR) is 50.6 cm³/mol. The Morgan fingerprint density at radius 2 is 2.31 bits per heavy atom. The highest BCUT2D eigenvalue weighted by atomic mass is 32.1. The van der Waals surface area contributed by atoms with Crippen molar-refractivity contribution in [1.82, 2.24) is 4.98 Å². The molecule has 0 saturated carbocycles. The Balaban J connectivity index is 2.28. The first-order valence-corrected chi connectivity index (χ1v) is 4.96. The zero-order valence-corrected chi connectivity index (χ0v) is 8.10. The van der Waals surface area contributed by atoms with E-state index in [-0.39, 0.29) is 5.69 Å². The fourth-order valence-electron chi connectivity index (χ4n) is 1.22. The minimum atomic E-state index is -0.930. The molecule has 0 aromatic carbocycles. The molecule has 0 radical (unpaired) electrons. The van der Waals surface area contributed by atoms with Gasteiger partial charge in [0.1, 0.15) is 0 Å². The van der Waals surface area contributed by atoms with Gasteiger partial charge in [0.05, 0.1) is 0 Å². The van der Waals surface area contributed by atoms with Crippen molar-refractivity contribution in [3.63, 3.8) is 0 Å². The first-order valence-electron chi connectivity index (χ1n) is 4.14. The molecule has 1 saturated heterocycles. The number of aromatic carboxylic acids is 1. The second-order valence-electron chi connectivity index (χ2n) is 3.05. The highest BCUT2D eigenvalue weighted by Gasteiger charge is 2.21. The number of hydrogen-bond donors (Lipinski definition) is 1. The van der Waals surface area contributed by atoms with Gasteiger partial charge >= 0.3 is 5.97 Å². The fourth-order valence-corrected chi connectivity index (χ4v) is 2.18. The van der Waals surface area contributed by atoms with Gasteiger partial charge in [-0.1, -0.05) is 0 Å². The van der Waals surface area contributed by atoms with Gasteiger partial charge in [-0.15, -0.1) is 11.3 Å². The monoisotopic (exact) mass is 198 g/mol. The quantitative estimate of drug-likeness (QED) is 0.779. The maximum Gasteiger partial charge on any atom is 0.355 e. The smallest absolute Gasteiger partial charge is 0.355 e. The Morgan fingerprint density at radius 3 is 2.69 bits per heavy atom. The van der Waals surface area contributed by atoms with Crippen molar-refractivity contribution >= 4 is 22.4 Å². The third kappa shape index (κ3) is 1.39. The largest absolute Gasteiger partial charge is 0.476 e.